The first-order valence-electron chi connectivity index (χ1n) is 8.02. The standard InChI is InChI=1S/C16H19FO4S.C2H6/c1-20-16(21-2)15(19)13-9-22-8-11(14(13)18)7-10-3-5-12(17)6-4-10;1-2/h3-6,11,13,16H,7-9H2,1-2H3;1-2H3. The van der Waals surface area contributed by atoms with Gasteiger partial charge in [-0.1, -0.05) is 26.0 Å². The van der Waals surface area contributed by atoms with Gasteiger partial charge in [-0.3, -0.25) is 9.59 Å². The summed E-state index contributed by atoms with van der Waals surface area (Å²) >= 11 is 1.58. The van der Waals surface area contributed by atoms with Gasteiger partial charge in [0.1, 0.15) is 11.6 Å². The maximum Gasteiger partial charge on any atom is 0.218 e. The fraction of sp³-hybridized carbons (Fsp3) is 0.556. The van der Waals surface area contributed by atoms with Gasteiger partial charge in [0.25, 0.3) is 0 Å². The number of thioether (sulfide) groups is 1. The second-order valence-electron chi connectivity index (χ2n) is 5.23. The van der Waals surface area contributed by atoms with E-state index in [1.807, 2.05) is 13.8 Å². The van der Waals surface area contributed by atoms with Crippen LogP contribution in [0.3, 0.4) is 0 Å². The van der Waals surface area contributed by atoms with Crippen molar-refractivity contribution in [2.45, 2.75) is 26.6 Å². The van der Waals surface area contributed by atoms with E-state index in [-0.39, 0.29) is 23.3 Å². The van der Waals surface area contributed by atoms with Crippen LogP contribution in [0, 0.1) is 17.7 Å². The first-order chi connectivity index (χ1) is 11.6. The van der Waals surface area contributed by atoms with E-state index in [9.17, 15) is 14.0 Å². The molecule has 6 heteroatoms. The molecule has 0 amide bonds. The molecular formula is C18H25FO4S. The van der Waals surface area contributed by atoms with Gasteiger partial charge in [0, 0.05) is 31.6 Å². The van der Waals surface area contributed by atoms with Crippen molar-refractivity contribution in [3.05, 3.63) is 35.6 Å². The highest BCUT2D eigenvalue weighted by Gasteiger charge is 2.39. The van der Waals surface area contributed by atoms with Crippen molar-refractivity contribution < 1.29 is 23.5 Å². The lowest BCUT2D eigenvalue weighted by molar-refractivity contribution is -0.162. The van der Waals surface area contributed by atoms with E-state index in [1.54, 1.807) is 23.9 Å². The number of benzene rings is 1. The quantitative estimate of drug-likeness (QED) is 0.579. The molecule has 0 radical (unpaired) electrons. The molecule has 1 saturated heterocycles. The fourth-order valence-electron chi connectivity index (χ4n) is 2.56. The molecule has 1 aromatic rings. The van der Waals surface area contributed by atoms with Crippen molar-refractivity contribution >= 4 is 23.3 Å². The Hall–Kier alpha value is -1.24. The SMILES string of the molecule is CC.COC(OC)C(=O)C1CSCC(Cc2ccc(F)cc2)C1=O. The van der Waals surface area contributed by atoms with Crippen molar-refractivity contribution in [2.75, 3.05) is 25.7 Å². The van der Waals surface area contributed by atoms with Crippen LogP contribution in [0.4, 0.5) is 4.39 Å². The molecule has 0 aromatic heterocycles. The summed E-state index contributed by atoms with van der Waals surface area (Å²) in [6.45, 7) is 4.00. The molecule has 2 unspecified atom stereocenters. The molecule has 0 N–H and O–H groups in total. The molecule has 0 bridgehead atoms. The van der Waals surface area contributed by atoms with Gasteiger partial charge in [0.05, 0.1) is 5.92 Å². The molecule has 2 rings (SSSR count). The Morgan fingerprint density at radius 1 is 1.21 bits per heavy atom. The predicted molar refractivity (Wildman–Crippen MR) is 93.6 cm³/mol. The highest BCUT2D eigenvalue weighted by atomic mass is 32.2. The number of carbonyl (C=O) groups is 2. The van der Waals surface area contributed by atoms with Crippen LogP contribution in [0.1, 0.15) is 19.4 Å². The van der Waals surface area contributed by atoms with Crippen LogP contribution in [0.5, 0.6) is 0 Å². The van der Waals surface area contributed by atoms with Crippen molar-refractivity contribution in [1.29, 1.82) is 0 Å². The maximum atomic E-state index is 12.9. The summed E-state index contributed by atoms with van der Waals surface area (Å²) in [6.07, 6.45) is -0.486. The average Bonchev–Trinajstić information content (AvgIpc) is 2.61. The summed E-state index contributed by atoms with van der Waals surface area (Å²) in [5.41, 5.74) is 0.892. The number of rotatable bonds is 6. The van der Waals surface area contributed by atoms with Crippen molar-refractivity contribution in [1.82, 2.24) is 0 Å². The molecule has 1 aliphatic heterocycles. The summed E-state index contributed by atoms with van der Waals surface area (Å²) in [6, 6.07) is 6.10. The molecule has 1 aromatic carbocycles. The zero-order chi connectivity index (χ0) is 18.1. The number of halogens is 1. The molecule has 134 valence electrons. The minimum Gasteiger partial charge on any atom is -0.349 e. The van der Waals surface area contributed by atoms with Crippen molar-refractivity contribution in [3.63, 3.8) is 0 Å². The zero-order valence-corrected chi connectivity index (χ0v) is 15.4. The Morgan fingerprint density at radius 2 is 1.79 bits per heavy atom. The lowest BCUT2D eigenvalue weighted by Crippen LogP contribution is -2.43. The van der Waals surface area contributed by atoms with Crippen molar-refractivity contribution in [2.24, 2.45) is 11.8 Å². The third kappa shape index (κ3) is 5.40. The molecule has 24 heavy (non-hydrogen) atoms. The minimum absolute atomic E-state index is 0.0767. The number of ketones is 2. The Balaban J connectivity index is 0.00000139. The summed E-state index contributed by atoms with van der Waals surface area (Å²) in [7, 11) is 2.75. The number of Topliss-reactive ketones (excluding diaryl/α,β-unsaturated/α-hetero) is 2. The van der Waals surface area contributed by atoms with Crippen LogP contribution in [0.15, 0.2) is 24.3 Å². The van der Waals surface area contributed by atoms with Gasteiger partial charge >= 0.3 is 0 Å². The number of hydrogen-bond donors (Lipinski definition) is 0. The Bertz CT molecular complexity index is 528. The number of methoxy groups -OCH3 is 2. The second kappa shape index (κ2) is 10.6. The van der Waals surface area contributed by atoms with Gasteiger partial charge in [-0.15, -0.1) is 0 Å². The lowest BCUT2D eigenvalue weighted by Gasteiger charge is -2.28. The number of hydrogen-bond acceptors (Lipinski definition) is 5. The van der Waals surface area contributed by atoms with E-state index in [0.29, 0.717) is 17.9 Å². The first-order valence-corrected chi connectivity index (χ1v) is 9.17. The molecule has 0 aliphatic carbocycles. The molecule has 4 nitrogen and oxygen atoms in total. The Kier molecular flexibility index (Phi) is 9.18. The first kappa shape index (κ1) is 20.8. The predicted octanol–water partition coefficient (Wildman–Crippen LogP) is 3.13. The van der Waals surface area contributed by atoms with Gasteiger partial charge in [-0.25, -0.2) is 4.39 Å². The van der Waals surface area contributed by atoms with Crippen LogP contribution in [0.2, 0.25) is 0 Å². The van der Waals surface area contributed by atoms with Crippen LogP contribution in [0.25, 0.3) is 0 Å². The smallest absolute Gasteiger partial charge is 0.218 e. The van der Waals surface area contributed by atoms with Gasteiger partial charge in [0.15, 0.2) is 5.78 Å². The van der Waals surface area contributed by atoms with Crippen LogP contribution >= 0.6 is 11.8 Å². The Labute approximate surface area is 147 Å². The summed E-state index contributed by atoms with van der Waals surface area (Å²) < 4.78 is 22.8. The molecule has 2 atom stereocenters. The molecular weight excluding hydrogens is 331 g/mol. The average molecular weight is 356 g/mol. The van der Waals surface area contributed by atoms with Gasteiger partial charge in [-0.05, 0) is 24.1 Å². The Morgan fingerprint density at radius 3 is 2.33 bits per heavy atom. The fourth-order valence-corrected chi connectivity index (χ4v) is 3.82. The largest absolute Gasteiger partial charge is 0.349 e. The van der Waals surface area contributed by atoms with Gasteiger partial charge in [-0.2, -0.15) is 11.8 Å². The van der Waals surface area contributed by atoms with E-state index < -0.39 is 12.2 Å². The second-order valence-corrected chi connectivity index (χ2v) is 6.30. The van der Waals surface area contributed by atoms with E-state index in [2.05, 4.69) is 0 Å². The van der Waals surface area contributed by atoms with Crippen LogP contribution in [-0.2, 0) is 25.5 Å². The van der Waals surface area contributed by atoms with Gasteiger partial charge < -0.3 is 9.47 Å². The molecule has 0 saturated carbocycles. The number of ether oxygens (including phenoxy) is 2. The molecule has 0 spiro atoms. The third-order valence-corrected chi connectivity index (χ3v) is 4.96. The summed E-state index contributed by atoms with van der Waals surface area (Å²) in [5, 5.41) is 0. The van der Waals surface area contributed by atoms with Crippen LogP contribution in [-0.4, -0.2) is 43.6 Å². The topological polar surface area (TPSA) is 52.6 Å². The monoisotopic (exact) mass is 356 g/mol. The normalized spacial score (nSPS) is 20.5. The van der Waals surface area contributed by atoms with E-state index in [0.717, 1.165) is 5.56 Å². The maximum absolute atomic E-state index is 12.9. The van der Waals surface area contributed by atoms with E-state index >= 15 is 0 Å². The highest BCUT2D eigenvalue weighted by molar-refractivity contribution is 7.99. The highest BCUT2D eigenvalue weighted by Crippen LogP contribution is 2.29. The summed E-state index contributed by atoms with van der Waals surface area (Å²) in [4.78, 5) is 24.8. The van der Waals surface area contributed by atoms with Crippen LogP contribution < -0.4 is 0 Å². The third-order valence-electron chi connectivity index (χ3n) is 3.75. The van der Waals surface area contributed by atoms with Crippen molar-refractivity contribution in [3.8, 4) is 0 Å². The van der Waals surface area contributed by atoms with E-state index in [4.69, 9.17) is 9.47 Å². The zero-order valence-electron chi connectivity index (χ0n) is 14.6. The summed E-state index contributed by atoms with van der Waals surface area (Å²) in [5.74, 6) is -0.518. The van der Waals surface area contributed by atoms with Gasteiger partial charge in [0.2, 0.25) is 6.29 Å². The lowest BCUT2D eigenvalue weighted by atomic mass is 9.87. The minimum atomic E-state index is -1.00. The molecule has 1 fully saturated rings. The molecule has 1 heterocycles. The van der Waals surface area contributed by atoms with E-state index in [1.165, 1.54) is 26.4 Å². The number of carbonyl (C=O) groups excluding carboxylic acids is 2. The molecule has 1 aliphatic rings.